The molecule has 0 bridgehead atoms. The molecular weight excluding hydrogens is 300 g/mol. The third-order valence-electron chi connectivity index (χ3n) is 4.06. The van der Waals surface area contributed by atoms with E-state index >= 15 is 0 Å². The summed E-state index contributed by atoms with van der Waals surface area (Å²) in [5.41, 5.74) is 2.75. The fourth-order valence-electron chi connectivity index (χ4n) is 2.46. The Labute approximate surface area is 143 Å². The van der Waals surface area contributed by atoms with Gasteiger partial charge in [0.1, 0.15) is 6.54 Å². The highest BCUT2D eigenvalue weighted by atomic mass is 16.2. The fraction of sp³-hybridized carbons (Fsp3) is 0.300. The average molecular weight is 324 g/mol. The van der Waals surface area contributed by atoms with E-state index in [1.807, 2.05) is 54.6 Å². The highest BCUT2D eigenvalue weighted by molar-refractivity contribution is 6.02. The van der Waals surface area contributed by atoms with Crippen LogP contribution in [-0.4, -0.2) is 25.4 Å². The maximum Gasteiger partial charge on any atom is 0.246 e. The van der Waals surface area contributed by atoms with Crippen LogP contribution in [0.15, 0.2) is 54.6 Å². The lowest BCUT2D eigenvalue weighted by atomic mass is 10.0. The Hall–Kier alpha value is -2.62. The third kappa shape index (κ3) is 4.22. The van der Waals surface area contributed by atoms with Crippen molar-refractivity contribution in [3.05, 3.63) is 60.2 Å². The molecule has 4 heteroatoms. The lowest BCUT2D eigenvalue weighted by Crippen LogP contribution is -2.40. The van der Waals surface area contributed by atoms with Crippen molar-refractivity contribution in [2.75, 3.05) is 23.4 Å². The molecule has 2 aromatic carbocycles. The van der Waals surface area contributed by atoms with Gasteiger partial charge >= 0.3 is 0 Å². The van der Waals surface area contributed by atoms with Crippen LogP contribution in [0.1, 0.15) is 32.3 Å². The highest BCUT2D eigenvalue weighted by Gasteiger charge is 2.19. The van der Waals surface area contributed by atoms with Crippen LogP contribution in [0.4, 0.5) is 11.4 Å². The summed E-state index contributed by atoms with van der Waals surface area (Å²) in [4.78, 5) is 27.6. The largest absolute Gasteiger partial charge is 0.314 e. The molecule has 0 unspecified atom stereocenters. The predicted molar refractivity (Wildman–Crippen MR) is 98.4 cm³/mol. The zero-order valence-corrected chi connectivity index (χ0v) is 14.7. The molecular formula is C20H24N2O2. The van der Waals surface area contributed by atoms with E-state index in [-0.39, 0.29) is 18.4 Å². The average Bonchev–Trinajstić information content (AvgIpc) is 2.59. The minimum atomic E-state index is -0.151. The minimum absolute atomic E-state index is 0.0156. The number of carbonyl (C=O) groups excluding carboxylic acids is 2. The van der Waals surface area contributed by atoms with Crippen LogP contribution >= 0.6 is 0 Å². The molecule has 2 amide bonds. The lowest BCUT2D eigenvalue weighted by Gasteiger charge is -2.25. The number of para-hydroxylation sites is 1. The molecule has 0 atom stereocenters. The van der Waals surface area contributed by atoms with E-state index in [1.165, 1.54) is 17.4 Å². The summed E-state index contributed by atoms with van der Waals surface area (Å²) in [7, 11) is 1.72. The van der Waals surface area contributed by atoms with Crippen molar-refractivity contribution in [2.45, 2.75) is 26.7 Å². The number of likely N-dealkylation sites (N-methyl/N-ethyl adjacent to an activating group) is 1. The van der Waals surface area contributed by atoms with Crippen LogP contribution < -0.4 is 9.80 Å². The second kappa shape index (κ2) is 7.77. The number of benzene rings is 2. The molecule has 2 rings (SSSR count). The molecule has 4 nitrogen and oxygen atoms in total. The first-order valence-electron chi connectivity index (χ1n) is 8.10. The maximum atomic E-state index is 12.5. The number of hydrogen-bond acceptors (Lipinski definition) is 2. The summed E-state index contributed by atoms with van der Waals surface area (Å²) in [6.45, 7) is 5.74. The normalized spacial score (nSPS) is 10.5. The minimum Gasteiger partial charge on any atom is -0.314 e. The first-order chi connectivity index (χ1) is 11.4. The second-order valence-electron chi connectivity index (χ2n) is 6.14. The van der Waals surface area contributed by atoms with E-state index in [9.17, 15) is 9.59 Å². The molecule has 126 valence electrons. The van der Waals surface area contributed by atoms with Gasteiger partial charge in [-0.2, -0.15) is 0 Å². The third-order valence-corrected chi connectivity index (χ3v) is 4.06. The molecule has 0 saturated heterocycles. The number of anilines is 2. The van der Waals surface area contributed by atoms with Crippen LogP contribution in [-0.2, 0) is 9.59 Å². The summed E-state index contributed by atoms with van der Waals surface area (Å²) >= 11 is 0. The Morgan fingerprint density at radius 3 is 2.00 bits per heavy atom. The van der Waals surface area contributed by atoms with Crippen molar-refractivity contribution < 1.29 is 9.59 Å². The van der Waals surface area contributed by atoms with Gasteiger partial charge in [-0.3, -0.25) is 9.59 Å². The topological polar surface area (TPSA) is 40.6 Å². The van der Waals surface area contributed by atoms with Crippen LogP contribution in [0.3, 0.4) is 0 Å². The number of hydrogen-bond donors (Lipinski definition) is 0. The molecule has 2 aromatic rings. The highest BCUT2D eigenvalue weighted by Crippen LogP contribution is 2.21. The van der Waals surface area contributed by atoms with Gasteiger partial charge in [0.25, 0.3) is 0 Å². The number of rotatable bonds is 5. The zero-order chi connectivity index (χ0) is 17.7. The van der Waals surface area contributed by atoms with Gasteiger partial charge in [-0.05, 0) is 35.7 Å². The zero-order valence-electron chi connectivity index (χ0n) is 14.7. The van der Waals surface area contributed by atoms with Crippen molar-refractivity contribution in [3.63, 3.8) is 0 Å². The quantitative estimate of drug-likeness (QED) is 0.839. The van der Waals surface area contributed by atoms with Gasteiger partial charge in [0.15, 0.2) is 0 Å². The van der Waals surface area contributed by atoms with Crippen molar-refractivity contribution in [1.82, 2.24) is 0 Å². The van der Waals surface area contributed by atoms with Crippen molar-refractivity contribution >= 4 is 23.2 Å². The summed E-state index contributed by atoms with van der Waals surface area (Å²) in [5.74, 6) is 0.141. The molecule has 0 saturated carbocycles. The molecule has 0 aliphatic rings. The summed E-state index contributed by atoms with van der Waals surface area (Å²) in [6, 6.07) is 17.2. The van der Waals surface area contributed by atoms with Gasteiger partial charge in [0.2, 0.25) is 11.8 Å². The van der Waals surface area contributed by atoms with E-state index in [4.69, 9.17) is 0 Å². The van der Waals surface area contributed by atoms with Gasteiger partial charge in [-0.15, -0.1) is 0 Å². The summed E-state index contributed by atoms with van der Waals surface area (Å²) in [6.07, 6.45) is 0. The summed E-state index contributed by atoms with van der Waals surface area (Å²) in [5, 5.41) is 0. The van der Waals surface area contributed by atoms with E-state index in [1.54, 1.807) is 11.9 Å². The van der Waals surface area contributed by atoms with E-state index in [2.05, 4.69) is 13.8 Å². The monoisotopic (exact) mass is 324 g/mol. The van der Waals surface area contributed by atoms with Gasteiger partial charge in [0, 0.05) is 25.3 Å². The molecule has 24 heavy (non-hydrogen) atoms. The molecule has 0 heterocycles. The van der Waals surface area contributed by atoms with Gasteiger partial charge < -0.3 is 9.80 Å². The van der Waals surface area contributed by atoms with Crippen molar-refractivity contribution in [2.24, 2.45) is 0 Å². The molecule has 0 aliphatic heterocycles. The van der Waals surface area contributed by atoms with E-state index < -0.39 is 0 Å². The summed E-state index contributed by atoms with van der Waals surface area (Å²) < 4.78 is 0. The van der Waals surface area contributed by atoms with Crippen molar-refractivity contribution in [3.8, 4) is 0 Å². The molecule has 0 spiro atoms. The number of amides is 2. The van der Waals surface area contributed by atoms with E-state index in [0.717, 1.165) is 11.4 Å². The standard InChI is InChI=1S/C20H24N2O2/c1-15(2)17-10-12-19(13-11-17)22(16(3)23)14-20(24)21(4)18-8-6-5-7-9-18/h5-13,15H,14H2,1-4H3. The molecule has 0 N–H and O–H groups in total. The van der Waals surface area contributed by atoms with Crippen LogP contribution in [0.2, 0.25) is 0 Å². The van der Waals surface area contributed by atoms with Crippen LogP contribution in [0.25, 0.3) is 0 Å². The Morgan fingerprint density at radius 2 is 1.50 bits per heavy atom. The van der Waals surface area contributed by atoms with Crippen LogP contribution in [0.5, 0.6) is 0 Å². The maximum absolute atomic E-state index is 12.5. The molecule has 0 aliphatic carbocycles. The fourth-order valence-corrected chi connectivity index (χ4v) is 2.46. The Morgan fingerprint density at radius 1 is 0.917 bits per heavy atom. The first kappa shape index (κ1) is 17.7. The molecule has 0 fully saturated rings. The van der Waals surface area contributed by atoms with Crippen molar-refractivity contribution in [1.29, 1.82) is 0 Å². The number of carbonyl (C=O) groups is 2. The van der Waals surface area contributed by atoms with Gasteiger partial charge in [-0.1, -0.05) is 44.2 Å². The smallest absolute Gasteiger partial charge is 0.246 e. The van der Waals surface area contributed by atoms with Crippen LogP contribution in [0, 0.1) is 0 Å². The number of nitrogens with zero attached hydrogens (tertiary/aromatic N) is 2. The van der Waals surface area contributed by atoms with Gasteiger partial charge in [-0.25, -0.2) is 0 Å². The Kier molecular flexibility index (Phi) is 5.74. The molecule has 0 radical (unpaired) electrons. The van der Waals surface area contributed by atoms with E-state index in [0.29, 0.717) is 5.92 Å². The lowest BCUT2D eigenvalue weighted by molar-refractivity contribution is -0.121. The Balaban J connectivity index is 2.16. The first-order valence-corrected chi connectivity index (χ1v) is 8.10. The second-order valence-corrected chi connectivity index (χ2v) is 6.14. The van der Waals surface area contributed by atoms with Gasteiger partial charge in [0.05, 0.1) is 0 Å². The Bertz CT molecular complexity index is 693. The predicted octanol–water partition coefficient (Wildman–Crippen LogP) is 3.83. The SMILES string of the molecule is CC(=O)N(CC(=O)N(C)c1ccccc1)c1ccc(C(C)C)cc1. The molecule has 0 aromatic heterocycles.